The first-order valence-electron chi connectivity index (χ1n) is 10.4. The summed E-state index contributed by atoms with van der Waals surface area (Å²) in [6.45, 7) is 5.57. The van der Waals surface area contributed by atoms with Crippen LogP contribution in [0.3, 0.4) is 0 Å². The molecule has 1 heterocycles. The van der Waals surface area contributed by atoms with Crippen LogP contribution in [-0.2, 0) is 21.2 Å². The van der Waals surface area contributed by atoms with Crippen LogP contribution in [0.15, 0.2) is 71.6 Å². The minimum absolute atomic E-state index is 0.0419. The maximum absolute atomic E-state index is 13.6. The van der Waals surface area contributed by atoms with Crippen LogP contribution in [-0.4, -0.2) is 26.9 Å². The zero-order chi connectivity index (χ0) is 23.0. The van der Waals surface area contributed by atoms with Crippen molar-refractivity contribution in [1.29, 1.82) is 0 Å². The number of amides is 1. The monoisotopic (exact) mass is 468 g/mol. The third kappa shape index (κ3) is 4.12. The normalized spacial score (nSPS) is 15.5. The van der Waals surface area contributed by atoms with Gasteiger partial charge in [-0.15, -0.1) is 0 Å². The van der Waals surface area contributed by atoms with Crippen molar-refractivity contribution in [2.24, 2.45) is 0 Å². The summed E-state index contributed by atoms with van der Waals surface area (Å²) in [7, 11) is -3.99. The Bertz CT molecular complexity index is 1270. The highest BCUT2D eigenvalue weighted by Gasteiger charge is 2.34. The van der Waals surface area contributed by atoms with Crippen LogP contribution in [0.5, 0.6) is 0 Å². The molecule has 0 saturated carbocycles. The number of sulfonamides is 1. The maximum Gasteiger partial charge on any atom is 0.264 e. The zero-order valence-corrected chi connectivity index (χ0v) is 19.8. The summed E-state index contributed by atoms with van der Waals surface area (Å²) in [5.41, 5.74) is 4.38. The minimum atomic E-state index is -3.99. The lowest BCUT2D eigenvalue weighted by Crippen LogP contribution is -2.45. The maximum atomic E-state index is 13.6. The summed E-state index contributed by atoms with van der Waals surface area (Å²) >= 11 is 5.96. The quantitative estimate of drug-likeness (QED) is 0.521. The molecule has 0 saturated heterocycles. The fraction of sp³-hybridized carbons (Fsp3) is 0.240. The molecular weight excluding hydrogens is 444 g/mol. The molecule has 5 nitrogen and oxygen atoms in total. The van der Waals surface area contributed by atoms with Crippen LogP contribution >= 0.6 is 11.6 Å². The largest absolute Gasteiger partial charge is 0.307 e. The lowest BCUT2D eigenvalue weighted by molar-refractivity contribution is -0.117. The van der Waals surface area contributed by atoms with Gasteiger partial charge in [0, 0.05) is 16.8 Å². The van der Waals surface area contributed by atoms with E-state index in [4.69, 9.17) is 11.6 Å². The van der Waals surface area contributed by atoms with E-state index in [0.717, 1.165) is 28.8 Å². The number of nitrogens with zero attached hydrogens (tertiary/aromatic N) is 2. The average Bonchev–Trinajstić information content (AvgIpc) is 3.10. The lowest BCUT2D eigenvalue weighted by Gasteiger charge is -2.29. The highest BCUT2D eigenvalue weighted by molar-refractivity contribution is 7.92. The van der Waals surface area contributed by atoms with Gasteiger partial charge < -0.3 is 4.90 Å². The number of benzene rings is 3. The Morgan fingerprint density at radius 1 is 1.03 bits per heavy atom. The molecule has 0 spiro atoms. The van der Waals surface area contributed by atoms with Crippen LogP contribution in [0.4, 0.5) is 11.4 Å². The number of fused-ring (bicyclic) bond motifs is 1. The molecule has 7 heteroatoms. The van der Waals surface area contributed by atoms with E-state index in [1.165, 1.54) is 28.6 Å². The minimum Gasteiger partial charge on any atom is -0.307 e. The highest BCUT2D eigenvalue weighted by Crippen LogP contribution is 2.33. The van der Waals surface area contributed by atoms with Crippen molar-refractivity contribution < 1.29 is 13.2 Å². The Hall–Kier alpha value is -2.83. The summed E-state index contributed by atoms with van der Waals surface area (Å²) < 4.78 is 28.5. The molecule has 3 aromatic rings. The van der Waals surface area contributed by atoms with Crippen molar-refractivity contribution in [3.05, 3.63) is 88.4 Å². The predicted octanol–water partition coefficient (Wildman–Crippen LogP) is 5.13. The molecule has 1 aliphatic rings. The molecule has 3 aromatic carbocycles. The van der Waals surface area contributed by atoms with E-state index in [1.54, 1.807) is 17.0 Å². The topological polar surface area (TPSA) is 57.7 Å². The standard InChI is InChI=1S/C25H25ClN2O3S/c1-17-8-11-22(14-18(17)2)27(32(30,31)23-12-9-21(26)10-13-23)16-25(29)28-19(3)15-20-6-4-5-7-24(20)28/h4-14,19H,15-16H2,1-3H3/t19-/m1/s1. The Labute approximate surface area is 194 Å². The summed E-state index contributed by atoms with van der Waals surface area (Å²) in [6.07, 6.45) is 0.746. The Balaban J connectivity index is 1.75. The molecular formula is C25H25ClN2O3S. The number of para-hydroxylation sites is 1. The number of carbonyl (C=O) groups excluding carboxylic acids is 1. The Morgan fingerprint density at radius 2 is 1.72 bits per heavy atom. The molecule has 0 aromatic heterocycles. The van der Waals surface area contributed by atoms with Crippen molar-refractivity contribution in [3.8, 4) is 0 Å². The number of hydrogen-bond acceptors (Lipinski definition) is 3. The molecule has 1 amide bonds. The van der Waals surface area contributed by atoms with Crippen molar-refractivity contribution in [2.75, 3.05) is 15.7 Å². The molecule has 1 aliphatic heterocycles. The van der Waals surface area contributed by atoms with Crippen molar-refractivity contribution in [3.63, 3.8) is 0 Å². The fourth-order valence-corrected chi connectivity index (χ4v) is 5.61. The van der Waals surface area contributed by atoms with Gasteiger partial charge >= 0.3 is 0 Å². The second-order valence-electron chi connectivity index (χ2n) is 8.18. The van der Waals surface area contributed by atoms with Crippen LogP contribution in [0.2, 0.25) is 5.02 Å². The van der Waals surface area contributed by atoms with E-state index < -0.39 is 10.0 Å². The van der Waals surface area contributed by atoms with Gasteiger partial charge in [-0.05, 0) is 86.3 Å². The molecule has 0 fully saturated rings. The van der Waals surface area contributed by atoms with Gasteiger partial charge in [-0.3, -0.25) is 9.10 Å². The summed E-state index contributed by atoms with van der Waals surface area (Å²) in [6, 6.07) is 19.1. The average molecular weight is 469 g/mol. The molecule has 32 heavy (non-hydrogen) atoms. The number of carbonyl (C=O) groups is 1. The van der Waals surface area contributed by atoms with Gasteiger partial charge in [-0.1, -0.05) is 35.9 Å². The SMILES string of the molecule is Cc1ccc(N(CC(=O)N2c3ccccc3C[C@H]2C)S(=O)(=O)c2ccc(Cl)cc2)cc1C. The Morgan fingerprint density at radius 3 is 2.41 bits per heavy atom. The number of anilines is 2. The van der Waals surface area contributed by atoms with Crippen molar-refractivity contribution in [1.82, 2.24) is 0 Å². The van der Waals surface area contributed by atoms with Gasteiger partial charge in [0.05, 0.1) is 10.6 Å². The van der Waals surface area contributed by atoms with Crippen LogP contribution < -0.4 is 9.21 Å². The molecule has 0 radical (unpaired) electrons. The third-order valence-electron chi connectivity index (χ3n) is 5.93. The van der Waals surface area contributed by atoms with Gasteiger partial charge in [0.25, 0.3) is 10.0 Å². The third-order valence-corrected chi connectivity index (χ3v) is 7.97. The molecule has 1 atom stereocenters. The number of aryl methyl sites for hydroxylation is 2. The summed E-state index contributed by atoms with van der Waals surface area (Å²) in [5, 5.41) is 0.445. The second kappa shape index (κ2) is 8.60. The van der Waals surface area contributed by atoms with Crippen molar-refractivity contribution >= 4 is 38.9 Å². The first kappa shape index (κ1) is 22.4. The second-order valence-corrected chi connectivity index (χ2v) is 10.5. The molecule has 0 N–H and O–H groups in total. The smallest absolute Gasteiger partial charge is 0.264 e. The predicted molar refractivity (Wildman–Crippen MR) is 129 cm³/mol. The molecule has 0 aliphatic carbocycles. The van der Waals surface area contributed by atoms with Gasteiger partial charge in [0.2, 0.25) is 5.91 Å². The molecule has 166 valence electrons. The summed E-state index contributed by atoms with van der Waals surface area (Å²) in [5.74, 6) is -0.266. The zero-order valence-electron chi connectivity index (χ0n) is 18.2. The van der Waals surface area contributed by atoms with Crippen LogP contribution in [0, 0.1) is 13.8 Å². The molecule has 0 bridgehead atoms. The number of hydrogen-bond donors (Lipinski definition) is 0. The van der Waals surface area contributed by atoms with Gasteiger partial charge in [-0.2, -0.15) is 0 Å². The molecule has 4 rings (SSSR count). The van der Waals surface area contributed by atoms with E-state index in [9.17, 15) is 13.2 Å². The Kier molecular flexibility index (Phi) is 6.01. The first-order valence-corrected chi connectivity index (χ1v) is 12.3. The van der Waals surface area contributed by atoms with Gasteiger partial charge in [0.15, 0.2) is 0 Å². The van der Waals surface area contributed by atoms with Gasteiger partial charge in [-0.25, -0.2) is 8.42 Å². The van der Waals surface area contributed by atoms with E-state index in [1.807, 2.05) is 51.1 Å². The van der Waals surface area contributed by atoms with E-state index in [-0.39, 0.29) is 23.4 Å². The van der Waals surface area contributed by atoms with Crippen LogP contribution in [0.1, 0.15) is 23.6 Å². The molecule has 0 unspecified atom stereocenters. The van der Waals surface area contributed by atoms with E-state index in [0.29, 0.717) is 10.7 Å². The van der Waals surface area contributed by atoms with Crippen LogP contribution in [0.25, 0.3) is 0 Å². The van der Waals surface area contributed by atoms with Gasteiger partial charge in [0.1, 0.15) is 6.54 Å². The summed E-state index contributed by atoms with van der Waals surface area (Å²) in [4.78, 5) is 15.3. The fourth-order valence-electron chi connectivity index (χ4n) is 4.07. The highest BCUT2D eigenvalue weighted by atomic mass is 35.5. The van der Waals surface area contributed by atoms with Crippen molar-refractivity contribution in [2.45, 2.75) is 38.1 Å². The number of halogens is 1. The first-order chi connectivity index (χ1) is 15.2. The number of rotatable bonds is 5. The van der Waals surface area contributed by atoms with E-state index >= 15 is 0 Å². The van der Waals surface area contributed by atoms with E-state index in [2.05, 4.69) is 0 Å². The lowest BCUT2D eigenvalue weighted by atomic mass is 10.1.